The van der Waals surface area contributed by atoms with Gasteiger partial charge in [0.1, 0.15) is 24.2 Å². The molecule has 4 rings (SSSR count). The zero-order chi connectivity index (χ0) is 26.3. The van der Waals surface area contributed by atoms with Crippen molar-refractivity contribution >= 4 is 23.8 Å². The highest BCUT2D eigenvalue weighted by Crippen LogP contribution is 2.37. The minimum atomic E-state index is -0.579. The minimum absolute atomic E-state index is 0.0957. The van der Waals surface area contributed by atoms with Gasteiger partial charge in [-0.15, -0.1) is 0 Å². The molecular weight excluding hydrogens is 466 g/mol. The molecule has 3 aliphatic rings. The molecule has 198 valence electrons. The second kappa shape index (κ2) is 12.0. The van der Waals surface area contributed by atoms with Gasteiger partial charge >= 0.3 is 0 Å². The van der Waals surface area contributed by atoms with Crippen LogP contribution in [-0.2, 0) is 19.0 Å². The minimum Gasteiger partial charge on any atom is -0.477 e. The molecule has 2 unspecified atom stereocenters. The highest BCUT2D eigenvalue weighted by atomic mass is 16.7. The molecule has 1 aromatic heterocycles. The first-order valence-corrected chi connectivity index (χ1v) is 12.0. The molecule has 1 aromatic rings. The topological polar surface area (TPSA) is 157 Å². The molecule has 3 aliphatic heterocycles. The molecule has 0 aromatic carbocycles. The van der Waals surface area contributed by atoms with Gasteiger partial charge in [0.2, 0.25) is 6.41 Å². The molecule has 2 fully saturated rings. The summed E-state index contributed by atoms with van der Waals surface area (Å²) in [5.74, 6) is 0.622. The van der Waals surface area contributed by atoms with Gasteiger partial charge in [-0.1, -0.05) is 0 Å². The second-order valence-electron chi connectivity index (χ2n) is 9.11. The Bertz CT molecular complexity index is 997. The Morgan fingerprint density at radius 2 is 2.11 bits per heavy atom. The quantitative estimate of drug-likeness (QED) is 0.222. The van der Waals surface area contributed by atoms with Gasteiger partial charge in [-0.05, 0) is 45.4 Å². The molecule has 2 saturated heterocycles. The summed E-state index contributed by atoms with van der Waals surface area (Å²) in [6, 6.07) is 4.37. The Balaban J connectivity index is 0.000000201. The number of allylic oxidation sites excluding steroid dienone is 2. The SMILES string of the molecule is CC1(C)OCC(CO/C(N)=C/C=C(\N)NC=O)O1.CCNC(=O)c1ccc2c(n1)N(C)C1CCN2C1. The van der Waals surface area contributed by atoms with Gasteiger partial charge in [0.15, 0.2) is 17.5 Å². The summed E-state index contributed by atoms with van der Waals surface area (Å²) in [5, 5.41) is 5.05. The van der Waals surface area contributed by atoms with Crippen LogP contribution in [0.4, 0.5) is 11.5 Å². The van der Waals surface area contributed by atoms with Crippen molar-refractivity contribution < 1.29 is 23.8 Å². The number of nitrogens with zero attached hydrogens (tertiary/aromatic N) is 3. The monoisotopic (exact) mass is 503 g/mol. The van der Waals surface area contributed by atoms with Crippen molar-refractivity contribution in [1.29, 1.82) is 0 Å². The van der Waals surface area contributed by atoms with E-state index in [2.05, 4.69) is 32.5 Å². The summed E-state index contributed by atoms with van der Waals surface area (Å²) < 4.78 is 16.2. The number of aromatic nitrogens is 1. The summed E-state index contributed by atoms with van der Waals surface area (Å²) >= 11 is 0. The zero-order valence-corrected chi connectivity index (χ0v) is 21.3. The van der Waals surface area contributed by atoms with E-state index in [1.165, 1.54) is 18.6 Å². The van der Waals surface area contributed by atoms with E-state index in [0.717, 1.165) is 24.6 Å². The summed E-state index contributed by atoms with van der Waals surface area (Å²) in [4.78, 5) is 31.0. The number of hydrogen-bond donors (Lipinski definition) is 4. The van der Waals surface area contributed by atoms with Gasteiger partial charge in [0, 0.05) is 38.8 Å². The van der Waals surface area contributed by atoms with E-state index in [4.69, 9.17) is 25.7 Å². The van der Waals surface area contributed by atoms with Crippen LogP contribution in [0.25, 0.3) is 0 Å². The van der Waals surface area contributed by atoms with Crippen LogP contribution in [0.3, 0.4) is 0 Å². The van der Waals surface area contributed by atoms with E-state index >= 15 is 0 Å². The predicted octanol–water partition coefficient (Wildman–Crippen LogP) is 0.361. The molecule has 0 spiro atoms. The number of carbonyl (C=O) groups is 2. The number of hydrogen-bond acceptors (Lipinski definition) is 10. The van der Waals surface area contributed by atoms with Crippen LogP contribution in [0.1, 0.15) is 37.7 Å². The van der Waals surface area contributed by atoms with Gasteiger partial charge in [0.05, 0.1) is 12.3 Å². The number of rotatable bonds is 8. The van der Waals surface area contributed by atoms with E-state index < -0.39 is 5.79 Å². The van der Waals surface area contributed by atoms with Crippen LogP contribution in [0.5, 0.6) is 0 Å². The molecule has 6 N–H and O–H groups in total. The molecule has 0 radical (unpaired) electrons. The van der Waals surface area contributed by atoms with Crippen molar-refractivity contribution in [3.05, 3.63) is 41.7 Å². The molecule has 4 heterocycles. The van der Waals surface area contributed by atoms with Crippen molar-refractivity contribution in [3.63, 3.8) is 0 Å². The van der Waals surface area contributed by atoms with Crippen molar-refractivity contribution in [2.24, 2.45) is 11.5 Å². The number of anilines is 2. The Morgan fingerprint density at radius 1 is 1.33 bits per heavy atom. The van der Waals surface area contributed by atoms with E-state index in [1.807, 2.05) is 32.9 Å². The van der Waals surface area contributed by atoms with Crippen molar-refractivity contribution in [3.8, 4) is 0 Å². The molecule has 12 heteroatoms. The molecular formula is C24H37N7O5. The summed E-state index contributed by atoms with van der Waals surface area (Å²) in [7, 11) is 2.07. The summed E-state index contributed by atoms with van der Waals surface area (Å²) in [6.07, 6.45) is 4.37. The number of nitrogens with two attached hydrogens (primary N) is 2. The average Bonchev–Trinajstić information content (AvgIpc) is 3.44. The van der Waals surface area contributed by atoms with Gasteiger partial charge < -0.3 is 46.1 Å². The van der Waals surface area contributed by atoms with Gasteiger partial charge in [-0.3, -0.25) is 9.59 Å². The van der Waals surface area contributed by atoms with Crippen LogP contribution in [0, 0.1) is 0 Å². The largest absolute Gasteiger partial charge is 0.477 e. The smallest absolute Gasteiger partial charge is 0.269 e. The Labute approximate surface area is 211 Å². The summed E-state index contributed by atoms with van der Waals surface area (Å²) in [6.45, 7) is 9.12. The van der Waals surface area contributed by atoms with E-state index in [0.29, 0.717) is 37.9 Å². The number of ether oxygens (including phenoxy) is 3. The molecule has 12 nitrogen and oxygen atoms in total. The normalized spacial score (nSPS) is 22.3. The van der Waals surface area contributed by atoms with Crippen LogP contribution < -0.4 is 31.9 Å². The third-order valence-electron chi connectivity index (χ3n) is 5.97. The number of nitrogens with one attached hydrogen (secondary N) is 2. The van der Waals surface area contributed by atoms with Crippen LogP contribution >= 0.6 is 0 Å². The lowest BCUT2D eigenvalue weighted by atomic mass is 10.2. The standard InChI is InChI=1S/C13H18N4O.C11H19N3O4/c1-3-14-13(18)10-4-5-11-12(15-10)16(2)9-6-7-17(11)8-9;1-11(2)17-6-8(18-11)5-16-10(13)4-3-9(12)14-7-15/h4-5,9H,3,6-8H2,1-2H3,(H,14,18);3-4,7-8H,5-6,12-13H2,1-2H3,(H,14,15)/b;9-3+,10-4+. The number of likely N-dealkylation sites (N-methyl/N-ethyl adjacent to an activating group) is 1. The van der Waals surface area contributed by atoms with Crippen LogP contribution in [0.15, 0.2) is 36.0 Å². The van der Waals surface area contributed by atoms with Crippen LogP contribution in [0.2, 0.25) is 0 Å². The second-order valence-corrected chi connectivity index (χ2v) is 9.11. The van der Waals surface area contributed by atoms with E-state index in [9.17, 15) is 9.59 Å². The molecule has 0 aliphatic carbocycles. The Morgan fingerprint density at radius 3 is 2.78 bits per heavy atom. The fourth-order valence-corrected chi connectivity index (χ4v) is 4.15. The average molecular weight is 504 g/mol. The first kappa shape index (κ1) is 27.1. The fourth-order valence-electron chi connectivity index (χ4n) is 4.15. The summed E-state index contributed by atoms with van der Waals surface area (Å²) in [5.41, 5.74) is 12.7. The fraction of sp³-hybridized carbons (Fsp3) is 0.542. The van der Waals surface area contributed by atoms with E-state index in [-0.39, 0.29) is 23.7 Å². The number of fused-ring (bicyclic) bond motifs is 4. The lowest BCUT2D eigenvalue weighted by molar-refractivity contribution is -0.143. The molecule has 2 bridgehead atoms. The molecule has 0 saturated carbocycles. The molecule has 36 heavy (non-hydrogen) atoms. The maximum atomic E-state index is 11.8. The first-order valence-electron chi connectivity index (χ1n) is 12.0. The first-order chi connectivity index (χ1) is 17.1. The predicted molar refractivity (Wildman–Crippen MR) is 136 cm³/mol. The highest BCUT2D eigenvalue weighted by Gasteiger charge is 2.35. The number of pyridine rings is 1. The molecule has 2 amide bonds. The maximum absolute atomic E-state index is 11.8. The maximum Gasteiger partial charge on any atom is 0.269 e. The number of amides is 2. The van der Waals surface area contributed by atoms with E-state index in [1.54, 1.807) is 0 Å². The van der Waals surface area contributed by atoms with Crippen molar-refractivity contribution in [1.82, 2.24) is 15.6 Å². The number of carbonyl (C=O) groups excluding carboxylic acids is 2. The third-order valence-corrected chi connectivity index (χ3v) is 5.97. The van der Waals surface area contributed by atoms with Gasteiger partial charge in [-0.25, -0.2) is 4.98 Å². The molecule has 2 atom stereocenters. The van der Waals surface area contributed by atoms with Crippen LogP contribution in [-0.4, -0.2) is 75.1 Å². The van der Waals surface area contributed by atoms with Gasteiger partial charge in [0.25, 0.3) is 5.91 Å². The van der Waals surface area contributed by atoms with Crippen molar-refractivity contribution in [2.45, 2.75) is 45.1 Å². The lowest BCUT2D eigenvalue weighted by Gasteiger charge is -2.34. The highest BCUT2D eigenvalue weighted by molar-refractivity contribution is 5.93. The lowest BCUT2D eigenvalue weighted by Crippen LogP contribution is -2.40. The Hall–Kier alpha value is -3.51. The van der Waals surface area contributed by atoms with Crippen molar-refractivity contribution in [2.75, 3.05) is 49.7 Å². The third kappa shape index (κ3) is 7.01. The zero-order valence-electron chi connectivity index (χ0n) is 21.3. The Kier molecular flexibility index (Phi) is 8.99. The van der Waals surface area contributed by atoms with Gasteiger partial charge in [-0.2, -0.15) is 0 Å².